The summed E-state index contributed by atoms with van der Waals surface area (Å²) in [5.41, 5.74) is 9.27. The van der Waals surface area contributed by atoms with Gasteiger partial charge < -0.3 is 10.8 Å². The number of carbonyl (C=O) groups excluding carboxylic acids is 1. The van der Waals surface area contributed by atoms with Gasteiger partial charge in [0, 0.05) is 16.5 Å². The molecule has 0 saturated carbocycles. The molecule has 154 valence electrons. The lowest BCUT2D eigenvalue weighted by atomic mass is 9.99. The fraction of sp³-hybridized carbons (Fsp3) is 0.125. The molecule has 1 atom stereocenters. The minimum absolute atomic E-state index is 0.180. The average molecular weight is 429 g/mol. The molecular formula is C24H20N4O2S. The summed E-state index contributed by atoms with van der Waals surface area (Å²) in [5, 5.41) is 17.3. The zero-order valence-corrected chi connectivity index (χ0v) is 17.6. The number of aromatic hydroxyl groups is 1. The quantitative estimate of drug-likeness (QED) is 0.493. The third kappa shape index (κ3) is 3.37. The number of aromatic nitrogens is 2. The van der Waals surface area contributed by atoms with E-state index in [1.165, 1.54) is 16.4 Å². The van der Waals surface area contributed by atoms with Crippen molar-refractivity contribution >= 4 is 39.4 Å². The van der Waals surface area contributed by atoms with Crippen LogP contribution in [-0.2, 0) is 6.42 Å². The van der Waals surface area contributed by atoms with Crippen LogP contribution in [0.1, 0.15) is 32.4 Å². The van der Waals surface area contributed by atoms with Crippen LogP contribution in [0.3, 0.4) is 0 Å². The minimum Gasteiger partial charge on any atom is -0.507 e. The molecule has 1 aliphatic heterocycles. The van der Waals surface area contributed by atoms with E-state index >= 15 is 0 Å². The summed E-state index contributed by atoms with van der Waals surface area (Å²) < 4.78 is 1.34. The Morgan fingerprint density at radius 1 is 1.10 bits per heavy atom. The number of carbonyl (C=O) groups is 1. The molecule has 1 aromatic heterocycles. The number of thioether (sulfide) groups is 1. The predicted octanol–water partition coefficient (Wildman–Crippen LogP) is 4.72. The van der Waals surface area contributed by atoms with Crippen LogP contribution in [0.15, 0.2) is 71.7 Å². The lowest BCUT2D eigenvalue weighted by Gasteiger charge is -2.22. The maximum absolute atomic E-state index is 13.0. The summed E-state index contributed by atoms with van der Waals surface area (Å²) in [6, 6.07) is 21.1. The van der Waals surface area contributed by atoms with Gasteiger partial charge in [0.1, 0.15) is 5.75 Å². The third-order valence-corrected chi connectivity index (χ3v) is 6.50. The normalized spacial score (nSPS) is 15.5. The van der Waals surface area contributed by atoms with Gasteiger partial charge in [-0.1, -0.05) is 78.5 Å². The van der Waals surface area contributed by atoms with Gasteiger partial charge in [0.25, 0.3) is 5.91 Å². The number of phenolic OH excluding ortho intramolecular Hbond substituents is 1. The van der Waals surface area contributed by atoms with Crippen LogP contribution in [0.25, 0.3) is 10.8 Å². The maximum Gasteiger partial charge on any atom is 0.253 e. The van der Waals surface area contributed by atoms with Gasteiger partial charge in [-0.15, -0.1) is 0 Å². The van der Waals surface area contributed by atoms with Crippen LogP contribution in [0.5, 0.6) is 5.75 Å². The predicted molar refractivity (Wildman–Crippen MR) is 124 cm³/mol. The number of aliphatic imine (C=N–C) groups is 1. The van der Waals surface area contributed by atoms with E-state index in [9.17, 15) is 9.90 Å². The van der Waals surface area contributed by atoms with Gasteiger partial charge in [0.05, 0.1) is 17.4 Å². The molecule has 0 saturated heterocycles. The molecule has 3 aromatic carbocycles. The molecule has 5 rings (SSSR count). The zero-order valence-electron chi connectivity index (χ0n) is 16.8. The lowest BCUT2D eigenvalue weighted by molar-refractivity contribution is 0.0900. The molecule has 0 spiro atoms. The Hall–Kier alpha value is -3.58. The molecule has 6 nitrogen and oxygen atoms in total. The number of amidine groups is 1. The molecule has 7 heteroatoms. The number of rotatable bonds is 3. The lowest BCUT2D eigenvalue weighted by Crippen LogP contribution is -2.18. The van der Waals surface area contributed by atoms with Gasteiger partial charge in [-0.25, -0.2) is 4.99 Å². The minimum atomic E-state index is -0.310. The first kappa shape index (κ1) is 19.4. The molecule has 1 unspecified atom stereocenters. The van der Waals surface area contributed by atoms with Gasteiger partial charge in [-0.3, -0.25) is 4.79 Å². The Morgan fingerprint density at radius 2 is 1.84 bits per heavy atom. The zero-order chi connectivity index (χ0) is 21.5. The number of nitrogens with zero attached hydrogens (tertiary/aromatic N) is 3. The molecule has 0 bridgehead atoms. The van der Waals surface area contributed by atoms with E-state index < -0.39 is 0 Å². The summed E-state index contributed by atoms with van der Waals surface area (Å²) in [5.74, 6) is 0.465. The fourth-order valence-corrected chi connectivity index (χ4v) is 5.07. The number of hydrogen-bond acceptors (Lipinski definition) is 6. The first-order valence-electron chi connectivity index (χ1n) is 9.91. The molecule has 3 N–H and O–H groups in total. The molecule has 4 aromatic rings. The van der Waals surface area contributed by atoms with Gasteiger partial charge in [0.2, 0.25) is 0 Å². The van der Waals surface area contributed by atoms with Crippen LogP contribution in [0.4, 0.5) is 5.82 Å². The van der Waals surface area contributed by atoms with Crippen LogP contribution >= 0.6 is 11.8 Å². The molecule has 2 heterocycles. The monoisotopic (exact) mass is 428 g/mol. The van der Waals surface area contributed by atoms with Crippen molar-refractivity contribution < 1.29 is 9.90 Å². The summed E-state index contributed by atoms with van der Waals surface area (Å²) in [4.78, 5) is 17.5. The van der Waals surface area contributed by atoms with Gasteiger partial charge in [-0.05, 0) is 17.9 Å². The Labute approximate surface area is 183 Å². The van der Waals surface area contributed by atoms with E-state index in [4.69, 9.17) is 5.73 Å². The largest absolute Gasteiger partial charge is 0.507 e. The summed E-state index contributed by atoms with van der Waals surface area (Å²) >= 11 is 1.35. The first-order valence-corrected chi connectivity index (χ1v) is 10.8. The van der Waals surface area contributed by atoms with E-state index in [1.54, 1.807) is 0 Å². The SMILES string of the molecule is Cc1nn(C(=O)Cc2ccccc2)c2c1C(c1ccc3ccccc3c1O)SC(N)=N2. The number of fused-ring (bicyclic) bond motifs is 2. The topological polar surface area (TPSA) is 93.5 Å². The van der Waals surface area contributed by atoms with Crippen LogP contribution in [-0.4, -0.2) is 26.0 Å². The molecule has 1 aliphatic rings. The van der Waals surface area contributed by atoms with Crippen molar-refractivity contribution in [2.24, 2.45) is 10.7 Å². The number of nitrogens with two attached hydrogens (primary N) is 1. The standard InChI is InChI=1S/C24H20N4O2S/c1-14-20-22(18-12-11-16-9-5-6-10-17(16)21(18)30)31-24(25)26-23(20)28(27-14)19(29)13-15-7-3-2-4-8-15/h2-12,22,30H,13H2,1H3,(H2,25,26). The molecular weight excluding hydrogens is 408 g/mol. The van der Waals surface area contributed by atoms with E-state index in [1.807, 2.05) is 73.7 Å². The fourth-order valence-electron chi connectivity index (χ4n) is 3.97. The number of phenols is 1. The second-order valence-electron chi connectivity index (χ2n) is 7.46. The highest BCUT2D eigenvalue weighted by atomic mass is 32.2. The van der Waals surface area contributed by atoms with Crippen molar-refractivity contribution in [2.45, 2.75) is 18.6 Å². The van der Waals surface area contributed by atoms with Gasteiger partial charge >= 0.3 is 0 Å². The molecule has 0 amide bonds. The third-order valence-electron chi connectivity index (χ3n) is 5.45. The van der Waals surface area contributed by atoms with Gasteiger partial charge in [0.15, 0.2) is 11.0 Å². The molecule has 0 radical (unpaired) electrons. The van der Waals surface area contributed by atoms with Crippen molar-refractivity contribution in [1.82, 2.24) is 9.78 Å². The second kappa shape index (κ2) is 7.59. The van der Waals surface area contributed by atoms with Crippen LogP contribution in [0.2, 0.25) is 0 Å². The number of benzene rings is 3. The summed E-state index contributed by atoms with van der Waals surface area (Å²) in [6.07, 6.45) is 0.211. The molecule has 0 fully saturated rings. The summed E-state index contributed by atoms with van der Waals surface area (Å²) in [7, 11) is 0. The first-order chi connectivity index (χ1) is 15.0. The van der Waals surface area contributed by atoms with Crippen molar-refractivity contribution in [2.75, 3.05) is 0 Å². The van der Waals surface area contributed by atoms with Crippen molar-refractivity contribution in [3.8, 4) is 5.75 Å². The van der Waals surface area contributed by atoms with Crippen LogP contribution < -0.4 is 5.73 Å². The van der Waals surface area contributed by atoms with Crippen LogP contribution in [0, 0.1) is 6.92 Å². The Kier molecular flexibility index (Phi) is 4.75. The Balaban J connectivity index is 1.60. The van der Waals surface area contributed by atoms with Gasteiger partial charge in [-0.2, -0.15) is 9.78 Å². The van der Waals surface area contributed by atoms with Crippen molar-refractivity contribution in [3.63, 3.8) is 0 Å². The van der Waals surface area contributed by atoms with E-state index in [0.29, 0.717) is 16.7 Å². The van der Waals surface area contributed by atoms with E-state index in [-0.39, 0.29) is 23.3 Å². The Morgan fingerprint density at radius 3 is 2.65 bits per heavy atom. The maximum atomic E-state index is 13.0. The number of hydrogen-bond donors (Lipinski definition) is 2. The second-order valence-corrected chi connectivity index (χ2v) is 8.59. The van der Waals surface area contributed by atoms with E-state index in [2.05, 4.69) is 10.1 Å². The highest BCUT2D eigenvalue weighted by Crippen LogP contribution is 2.49. The summed E-state index contributed by atoms with van der Waals surface area (Å²) in [6.45, 7) is 1.85. The van der Waals surface area contributed by atoms with Crippen molar-refractivity contribution in [3.05, 3.63) is 89.1 Å². The average Bonchev–Trinajstić information content (AvgIpc) is 3.11. The number of aryl methyl sites for hydroxylation is 1. The smallest absolute Gasteiger partial charge is 0.253 e. The van der Waals surface area contributed by atoms with E-state index in [0.717, 1.165) is 27.5 Å². The molecule has 31 heavy (non-hydrogen) atoms. The van der Waals surface area contributed by atoms with Crippen molar-refractivity contribution in [1.29, 1.82) is 0 Å². The Bertz CT molecular complexity index is 1340. The highest BCUT2D eigenvalue weighted by molar-refractivity contribution is 8.14. The highest BCUT2D eigenvalue weighted by Gasteiger charge is 2.33. The molecule has 0 aliphatic carbocycles.